The lowest BCUT2D eigenvalue weighted by Crippen LogP contribution is -2.44. The van der Waals surface area contributed by atoms with Gasteiger partial charge >= 0.3 is 0 Å². The van der Waals surface area contributed by atoms with Crippen LogP contribution in [0.15, 0.2) is 47.4 Å². The summed E-state index contributed by atoms with van der Waals surface area (Å²) < 4.78 is 69.3. The molecule has 29 heavy (non-hydrogen) atoms. The number of ether oxygens (including phenoxy) is 1. The third-order valence-electron chi connectivity index (χ3n) is 5.10. The maximum atomic E-state index is 13.4. The Labute approximate surface area is 170 Å². The van der Waals surface area contributed by atoms with Crippen molar-refractivity contribution >= 4 is 19.7 Å². The summed E-state index contributed by atoms with van der Waals surface area (Å²) >= 11 is 0. The molecule has 0 aromatic heterocycles. The Hall–Kier alpha value is -1.97. The van der Waals surface area contributed by atoms with E-state index >= 15 is 0 Å². The molecular weight excluding hydrogens is 417 g/mol. The van der Waals surface area contributed by atoms with Crippen LogP contribution in [0.25, 0.3) is 0 Å². The van der Waals surface area contributed by atoms with E-state index in [1.807, 2.05) is 24.3 Å². The van der Waals surface area contributed by atoms with Crippen LogP contribution in [0, 0.1) is 12.7 Å². The number of rotatable bonds is 7. The molecule has 9 heteroatoms. The van der Waals surface area contributed by atoms with E-state index < -0.39 is 42.5 Å². The summed E-state index contributed by atoms with van der Waals surface area (Å²) in [5.41, 5.74) is 1.26. The number of benzene rings is 2. The number of aryl methyl sites for hydroxylation is 1. The molecule has 1 aliphatic rings. The van der Waals surface area contributed by atoms with Crippen LogP contribution >= 0.6 is 0 Å². The lowest BCUT2D eigenvalue weighted by atomic mass is 10.1. The largest absolute Gasteiger partial charge is 0.497 e. The summed E-state index contributed by atoms with van der Waals surface area (Å²) in [5.74, 6) is -0.496. The fourth-order valence-corrected chi connectivity index (χ4v) is 8.58. The molecule has 3 rings (SSSR count). The van der Waals surface area contributed by atoms with Gasteiger partial charge in [0, 0.05) is 6.04 Å². The second-order valence-corrected chi connectivity index (χ2v) is 11.5. The molecule has 0 bridgehead atoms. The number of halogens is 1. The Balaban J connectivity index is 1.78. The standard InChI is InChI=1S/C20H24FNO5S2/c1-14-10-16(21)6-7-19(14)29(25,26)20-13-28(23,24)12-18(20)22-9-8-15-4-3-5-17(11-15)27-2/h3-7,10-11,18,20,22H,8-9,12-13H2,1-2H3/t18-,20-/m0/s1. The molecule has 1 aliphatic heterocycles. The highest BCUT2D eigenvalue weighted by Crippen LogP contribution is 2.28. The van der Waals surface area contributed by atoms with E-state index in [4.69, 9.17) is 4.74 Å². The van der Waals surface area contributed by atoms with Crippen molar-refractivity contribution in [3.63, 3.8) is 0 Å². The van der Waals surface area contributed by atoms with Crippen LogP contribution in [0.1, 0.15) is 11.1 Å². The fraction of sp³-hybridized carbons (Fsp3) is 0.400. The molecule has 2 aromatic carbocycles. The van der Waals surface area contributed by atoms with Gasteiger partial charge in [-0.1, -0.05) is 12.1 Å². The van der Waals surface area contributed by atoms with Gasteiger partial charge in [0.15, 0.2) is 19.7 Å². The summed E-state index contributed by atoms with van der Waals surface area (Å²) in [7, 11) is -5.86. The van der Waals surface area contributed by atoms with Crippen molar-refractivity contribution in [3.05, 3.63) is 59.4 Å². The van der Waals surface area contributed by atoms with Crippen molar-refractivity contribution in [2.75, 3.05) is 25.2 Å². The van der Waals surface area contributed by atoms with Crippen molar-refractivity contribution in [1.29, 1.82) is 0 Å². The average molecular weight is 442 g/mol. The molecule has 2 atom stereocenters. The average Bonchev–Trinajstić information content (AvgIpc) is 2.97. The van der Waals surface area contributed by atoms with Crippen molar-refractivity contribution in [2.45, 2.75) is 29.5 Å². The number of nitrogens with one attached hydrogen (secondary N) is 1. The van der Waals surface area contributed by atoms with Crippen molar-refractivity contribution < 1.29 is 26.0 Å². The molecule has 0 saturated carbocycles. The molecule has 0 spiro atoms. The van der Waals surface area contributed by atoms with E-state index in [9.17, 15) is 21.2 Å². The number of methoxy groups -OCH3 is 1. The van der Waals surface area contributed by atoms with Crippen LogP contribution in [0.2, 0.25) is 0 Å². The Bertz CT molecular complexity index is 1100. The third-order valence-corrected chi connectivity index (χ3v) is 9.41. The minimum absolute atomic E-state index is 0.0272. The van der Waals surface area contributed by atoms with Gasteiger partial charge in [0.25, 0.3) is 0 Å². The number of hydrogen-bond donors (Lipinski definition) is 1. The Kier molecular flexibility index (Phi) is 6.30. The first-order chi connectivity index (χ1) is 13.6. The summed E-state index contributed by atoms with van der Waals surface area (Å²) in [5, 5.41) is 2.00. The van der Waals surface area contributed by atoms with Gasteiger partial charge in [-0.15, -0.1) is 0 Å². The molecule has 1 fully saturated rings. The summed E-state index contributed by atoms with van der Waals surface area (Å²) in [4.78, 5) is -0.0272. The quantitative estimate of drug-likeness (QED) is 0.661. The van der Waals surface area contributed by atoms with Crippen LogP contribution in [-0.2, 0) is 26.1 Å². The van der Waals surface area contributed by atoms with E-state index in [2.05, 4.69) is 5.32 Å². The Morgan fingerprint density at radius 2 is 1.93 bits per heavy atom. The van der Waals surface area contributed by atoms with Gasteiger partial charge < -0.3 is 10.1 Å². The maximum absolute atomic E-state index is 13.4. The summed E-state index contributed by atoms with van der Waals surface area (Å²) in [6.45, 7) is 1.92. The monoisotopic (exact) mass is 441 g/mol. The molecule has 1 N–H and O–H groups in total. The smallest absolute Gasteiger partial charge is 0.184 e. The highest BCUT2D eigenvalue weighted by Gasteiger charge is 2.45. The molecule has 1 saturated heterocycles. The highest BCUT2D eigenvalue weighted by molar-refractivity contribution is 7.96. The van der Waals surface area contributed by atoms with Gasteiger partial charge in [0.1, 0.15) is 11.6 Å². The Morgan fingerprint density at radius 3 is 2.62 bits per heavy atom. The zero-order valence-corrected chi connectivity index (χ0v) is 17.9. The Morgan fingerprint density at radius 1 is 1.17 bits per heavy atom. The lowest BCUT2D eigenvalue weighted by molar-refractivity contribution is 0.414. The molecule has 158 valence electrons. The first-order valence-corrected chi connectivity index (χ1v) is 12.6. The maximum Gasteiger partial charge on any atom is 0.184 e. The third kappa shape index (κ3) is 4.96. The lowest BCUT2D eigenvalue weighted by Gasteiger charge is -2.21. The topological polar surface area (TPSA) is 89.5 Å². The predicted molar refractivity (Wildman–Crippen MR) is 109 cm³/mol. The van der Waals surface area contributed by atoms with Crippen LogP contribution in [0.5, 0.6) is 5.75 Å². The SMILES string of the molecule is COc1cccc(CCN[C@H]2CS(=O)(=O)C[C@@H]2S(=O)(=O)c2ccc(F)cc2C)c1. The van der Waals surface area contributed by atoms with E-state index in [1.54, 1.807) is 7.11 Å². The van der Waals surface area contributed by atoms with Gasteiger partial charge in [0.05, 0.1) is 28.8 Å². The van der Waals surface area contributed by atoms with Crippen molar-refractivity contribution in [2.24, 2.45) is 0 Å². The zero-order chi connectivity index (χ0) is 21.2. The second-order valence-electron chi connectivity index (χ2n) is 7.23. The molecule has 1 heterocycles. The minimum atomic E-state index is -3.94. The van der Waals surface area contributed by atoms with Crippen LogP contribution in [-0.4, -0.2) is 53.3 Å². The summed E-state index contributed by atoms with van der Waals surface area (Å²) in [6.07, 6.45) is 0.593. The molecule has 0 radical (unpaired) electrons. The molecule has 6 nitrogen and oxygen atoms in total. The highest BCUT2D eigenvalue weighted by atomic mass is 32.2. The first-order valence-electron chi connectivity index (χ1n) is 9.19. The molecule has 0 amide bonds. The normalized spacial score (nSPS) is 21.2. The van der Waals surface area contributed by atoms with Gasteiger partial charge in [0.2, 0.25) is 0 Å². The van der Waals surface area contributed by atoms with Crippen LogP contribution in [0.3, 0.4) is 0 Å². The van der Waals surface area contributed by atoms with Crippen molar-refractivity contribution in [1.82, 2.24) is 5.32 Å². The van der Waals surface area contributed by atoms with E-state index in [0.717, 1.165) is 23.4 Å². The van der Waals surface area contributed by atoms with Gasteiger partial charge in [-0.2, -0.15) is 0 Å². The van der Waals surface area contributed by atoms with Gasteiger partial charge in [-0.3, -0.25) is 0 Å². The van der Waals surface area contributed by atoms with E-state index in [1.165, 1.54) is 13.0 Å². The molecular formula is C20H24FNO5S2. The summed E-state index contributed by atoms with van der Waals surface area (Å²) in [6, 6.07) is 10.2. The zero-order valence-electron chi connectivity index (χ0n) is 16.3. The first kappa shape index (κ1) is 21.7. The predicted octanol–water partition coefficient (Wildman–Crippen LogP) is 1.91. The van der Waals surface area contributed by atoms with Crippen molar-refractivity contribution in [3.8, 4) is 5.75 Å². The minimum Gasteiger partial charge on any atom is -0.497 e. The molecule has 2 aromatic rings. The fourth-order valence-electron chi connectivity index (χ4n) is 3.64. The van der Waals surface area contributed by atoms with E-state index in [-0.39, 0.29) is 16.2 Å². The molecule has 0 unspecified atom stereocenters. The van der Waals surface area contributed by atoms with Crippen LogP contribution in [0.4, 0.5) is 4.39 Å². The van der Waals surface area contributed by atoms with Crippen LogP contribution < -0.4 is 10.1 Å². The van der Waals surface area contributed by atoms with Gasteiger partial charge in [-0.25, -0.2) is 21.2 Å². The number of sulfone groups is 2. The molecule has 0 aliphatic carbocycles. The number of hydrogen-bond acceptors (Lipinski definition) is 6. The van der Waals surface area contributed by atoms with Gasteiger partial charge in [-0.05, 0) is 61.3 Å². The van der Waals surface area contributed by atoms with E-state index in [0.29, 0.717) is 13.0 Å². The second kappa shape index (κ2) is 8.41.